The van der Waals surface area contributed by atoms with E-state index in [0.29, 0.717) is 12.3 Å². The number of hydrogen-bond acceptors (Lipinski definition) is 2. The SMILES string of the molecule is Cc1ccc(C)c(SCC(=O)NCc2cc[nH]c2)c1. The van der Waals surface area contributed by atoms with Crippen molar-refractivity contribution in [2.24, 2.45) is 0 Å². The molecular formula is C15H18N2OS. The van der Waals surface area contributed by atoms with Gasteiger partial charge in [0.2, 0.25) is 5.91 Å². The quantitative estimate of drug-likeness (QED) is 0.823. The molecule has 1 amide bonds. The van der Waals surface area contributed by atoms with Crippen LogP contribution in [-0.4, -0.2) is 16.6 Å². The molecule has 0 unspecified atom stereocenters. The highest BCUT2D eigenvalue weighted by atomic mass is 32.2. The van der Waals surface area contributed by atoms with Crippen LogP contribution in [0, 0.1) is 13.8 Å². The second-order valence-corrected chi connectivity index (χ2v) is 5.57. The summed E-state index contributed by atoms with van der Waals surface area (Å²) in [6.07, 6.45) is 3.74. The summed E-state index contributed by atoms with van der Waals surface area (Å²) in [6.45, 7) is 4.71. The Hall–Kier alpha value is -1.68. The van der Waals surface area contributed by atoms with Crippen LogP contribution >= 0.6 is 11.8 Å². The summed E-state index contributed by atoms with van der Waals surface area (Å²) in [5.41, 5.74) is 3.53. The predicted octanol–water partition coefficient (Wildman–Crippen LogP) is 3.04. The van der Waals surface area contributed by atoms with Gasteiger partial charge in [-0.15, -0.1) is 11.8 Å². The molecule has 3 nitrogen and oxygen atoms in total. The highest BCUT2D eigenvalue weighted by molar-refractivity contribution is 8.00. The zero-order chi connectivity index (χ0) is 13.7. The molecule has 0 radical (unpaired) electrons. The monoisotopic (exact) mass is 274 g/mol. The number of aromatic amines is 1. The highest BCUT2D eigenvalue weighted by Crippen LogP contribution is 2.23. The van der Waals surface area contributed by atoms with Gasteiger partial charge in [-0.25, -0.2) is 0 Å². The Labute approximate surface area is 117 Å². The molecule has 1 aromatic carbocycles. The number of hydrogen-bond donors (Lipinski definition) is 2. The van der Waals surface area contributed by atoms with E-state index in [1.807, 2.05) is 18.5 Å². The molecule has 2 N–H and O–H groups in total. The molecule has 0 atom stereocenters. The van der Waals surface area contributed by atoms with Gasteiger partial charge in [-0.2, -0.15) is 0 Å². The maximum Gasteiger partial charge on any atom is 0.230 e. The molecule has 0 aliphatic carbocycles. The largest absolute Gasteiger partial charge is 0.367 e. The van der Waals surface area contributed by atoms with E-state index < -0.39 is 0 Å². The molecule has 2 rings (SSSR count). The molecule has 19 heavy (non-hydrogen) atoms. The fourth-order valence-corrected chi connectivity index (χ4v) is 2.68. The Kier molecular flexibility index (Phi) is 4.68. The van der Waals surface area contributed by atoms with Crippen molar-refractivity contribution in [1.29, 1.82) is 0 Å². The minimum Gasteiger partial charge on any atom is -0.367 e. The zero-order valence-corrected chi connectivity index (χ0v) is 12.0. The lowest BCUT2D eigenvalue weighted by atomic mass is 10.2. The van der Waals surface area contributed by atoms with Gasteiger partial charge in [-0.1, -0.05) is 17.7 Å². The van der Waals surface area contributed by atoms with Gasteiger partial charge in [-0.05, 0) is 37.1 Å². The van der Waals surface area contributed by atoms with Gasteiger partial charge in [0.1, 0.15) is 0 Å². The van der Waals surface area contributed by atoms with Gasteiger partial charge in [-0.3, -0.25) is 4.79 Å². The van der Waals surface area contributed by atoms with Crippen molar-refractivity contribution in [3.8, 4) is 0 Å². The first-order valence-corrected chi connectivity index (χ1v) is 7.22. The lowest BCUT2D eigenvalue weighted by molar-refractivity contribution is -0.118. The molecule has 0 aliphatic rings. The summed E-state index contributed by atoms with van der Waals surface area (Å²) in [6, 6.07) is 8.26. The molecule has 0 fully saturated rings. The van der Waals surface area contributed by atoms with Crippen LogP contribution in [0.2, 0.25) is 0 Å². The minimum absolute atomic E-state index is 0.0621. The number of carbonyl (C=O) groups excluding carboxylic acids is 1. The molecule has 4 heteroatoms. The number of thioether (sulfide) groups is 1. The van der Waals surface area contributed by atoms with Crippen molar-refractivity contribution in [2.45, 2.75) is 25.3 Å². The molecule has 1 heterocycles. The number of amides is 1. The van der Waals surface area contributed by atoms with Crippen molar-refractivity contribution in [2.75, 3.05) is 5.75 Å². The molecule has 1 aromatic heterocycles. The lowest BCUT2D eigenvalue weighted by Gasteiger charge is -2.07. The summed E-state index contributed by atoms with van der Waals surface area (Å²) >= 11 is 1.59. The van der Waals surface area contributed by atoms with Crippen LogP contribution in [0.5, 0.6) is 0 Å². The smallest absolute Gasteiger partial charge is 0.230 e. The number of H-pyrrole nitrogens is 1. The summed E-state index contributed by atoms with van der Waals surface area (Å²) in [4.78, 5) is 15.9. The first kappa shape index (κ1) is 13.7. The fraction of sp³-hybridized carbons (Fsp3) is 0.267. The molecule has 0 saturated heterocycles. The van der Waals surface area contributed by atoms with Crippen LogP contribution in [0.1, 0.15) is 16.7 Å². The van der Waals surface area contributed by atoms with E-state index in [2.05, 4.69) is 42.3 Å². The average molecular weight is 274 g/mol. The summed E-state index contributed by atoms with van der Waals surface area (Å²) in [5, 5.41) is 2.91. The number of rotatable bonds is 5. The van der Waals surface area contributed by atoms with E-state index in [0.717, 1.165) is 5.56 Å². The first-order chi connectivity index (χ1) is 9.15. The maximum atomic E-state index is 11.8. The van der Waals surface area contributed by atoms with Gasteiger partial charge < -0.3 is 10.3 Å². The highest BCUT2D eigenvalue weighted by Gasteiger charge is 2.05. The second-order valence-electron chi connectivity index (χ2n) is 4.55. The van der Waals surface area contributed by atoms with E-state index in [1.54, 1.807) is 11.8 Å². The van der Waals surface area contributed by atoms with Crippen molar-refractivity contribution in [1.82, 2.24) is 10.3 Å². The standard InChI is InChI=1S/C15H18N2OS/c1-11-3-4-12(2)14(7-11)19-10-15(18)17-9-13-5-6-16-8-13/h3-8,16H,9-10H2,1-2H3,(H,17,18). The third-order valence-electron chi connectivity index (χ3n) is 2.85. The number of nitrogens with one attached hydrogen (secondary N) is 2. The van der Waals surface area contributed by atoms with Crippen molar-refractivity contribution >= 4 is 17.7 Å². The summed E-state index contributed by atoms with van der Waals surface area (Å²) in [5.74, 6) is 0.515. The van der Waals surface area contributed by atoms with E-state index >= 15 is 0 Å². The van der Waals surface area contributed by atoms with Crippen LogP contribution in [0.4, 0.5) is 0 Å². The van der Waals surface area contributed by atoms with Crippen molar-refractivity contribution in [3.63, 3.8) is 0 Å². The molecule has 0 saturated carbocycles. The Balaban J connectivity index is 1.81. The van der Waals surface area contributed by atoms with Crippen LogP contribution in [0.15, 0.2) is 41.6 Å². The maximum absolute atomic E-state index is 11.8. The van der Waals surface area contributed by atoms with Gasteiger partial charge in [0.15, 0.2) is 0 Å². The van der Waals surface area contributed by atoms with E-state index in [4.69, 9.17) is 0 Å². The molecule has 0 spiro atoms. The predicted molar refractivity (Wildman–Crippen MR) is 79.3 cm³/mol. The third kappa shape index (κ3) is 4.17. The molecule has 2 aromatic rings. The molecule has 100 valence electrons. The Bertz CT molecular complexity index is 549. The normalized spacial score (nSPS) is 10.4. The molecule has 0 bridgehead atoms. The summed E-state index contributed by atoms with van der Waals surface area (Å²) < 4.78 is 0. The van der Waals surface area contributed by atoms with Crippen molar-refractivity contribution < 1.29 is 4.79 Å². The number of carbonyl (C=O) groups is 1. The number of aromatic nitrogens is 1. The molecular weight excluding hydrogens is 256 g/mol. The topological polar surface area (TPSA) is 44.9 Å². The Morgan fingerprint density at radius 1 is 1.32 bits per heavy atom. The first-order valence-electron chi connectivity index (χ1n) is 6.23. The molecule has 0 aliphatic heterocycles. The van der Waals surface area contributed by atoms with Gasteiger partial charge >= 0.3 is 0 Å². The van der Waals surface area contributed by atoms with Crippen LogP contribution in [0.3, 0.4) is 0 Å². The fourth-order valence-electron chi connectivity index (χ4n) is 1.73. The van der Waals surface area contributed by atoms with Gasteiger partial charge in [0.05, 0.1) is 5.75 Å². The Morgan fingerprint density at radius 3 is 2.89 bits per heavy atom. The van der Waals surface area contributed by atoms with Crippen LogP contribution < -0.4 is 5.32 Å². The Morgan fingerprint density at radius 2 is 2.16 bits per heavy atom. The summed E-state index contributed by atoms with van der Waals surface area (Å²) in [7, 11) is 0. The third-order valence-corrected chi connectivity index (χ3v) is 4.01. The van der Waals surface area contributed by atoms with Crippen LogP contribution in [0.25, 0.3) is 0 Å². The van der Waals surface area contributed by atoms with Gasteiger partial charge in [0, 0.05) is 23.8 Å². The number of aryl methyl sites for hydroxylation is 2. The second kappa shape index (κ2) is 6.48. The van der Waals surface area contributed by atoms with E-state index in [-0.39, 0.29) is 5.91 Å². The van der Waals surface area contributed by atoms with Crippen molar-refractivity contribution in [3.05, 3.63) is 53.3 Å². The minimum atomic E-state index is 0.0621. The number of benzene rings is 1. The van der Waals surface area contributed by atoms with Crippen LogP contribution in [-0.2, 0) is 11.3 Å². The average Bonchev–Trinajstić information content (AvgIpc) is 2.90. The van der Waals surface area contributed by atoms with E-state index in [1.165, 1.54) is 16.0 Å². The lowest BCUT2D eigenvalue weighted by Crippen LogP contribution is -2.24. The van der Waals surface area contributed by atoms with E-state index in [9.17, 15) is 4.79 Å². The zero-order valence-electron chi connectivity index (χ0n) is 11.2. The van der Waals surface area contributed by atoms with Gasteiger partial charge in [0.25, 0.3) is 0 Å².